The number of anilines is 1. The van der Waals surface area contributed by atoms with E-state index in [0.717, 1.165) is 43.2 Å². The Morgan fingerprint density at radius 3 is 2.78 bits per heavy atom. The maximum Gasteiger partial charge on any atom is 0.261 e. The second kappa shape index (κ2) is 9.06. The van der Waals surface area contributed by atoms with Crippen molar-refractivity contribution in [1.82, 2.24) is 10.3 Å². The van der Waals surface area contributed by atoms with Gasteiger partial charge in [-0.2, -0.15) is 0 Å². The summed E-state index contributed by atoms with van der Waals surface area (Å²) in [4.78, 5) is 19.0. The predicted molar refractivity (Wildman–Crippen MR) is 105 cm³/mol. The minimum absolute atomic E-state index is 0.179. The molecule has 6 nitrogen and oxygen atoms in total. The Balaban J connectivity index is 1.50. The van der Waals surface area contributed by atoms with Gasteiger partial charge in [-0.1, -0.05) is 17.7 Å². The molecule has 7 heteroatoms. The Bertz CT molecular complexity index is 777. The van der Waals surface area contributed by atoms with Gasteiger partial charge in [-0.05, 0) is 49.2 Å². The minimum atomic E-state index is -0.606. The molecule has 0 radical (unpaired) electrons. The maximum atomic E-state index is 12.3. The van der Waals surface area contributed by atoms with Crippen LogP contribution in [-0.2, 0) is 16.1 Å². The van der Waals surface area contributed by atoms with Crippen molar-refractivity contribution in [1.29, 1.82) is 0 Å². The molecule has 0 unspecified atom stereocenters. The number of morpholine rings is 1. The number of hydrogen-bond donors (Lipinski definition) is 1. The molecular formula is C20H24ClN3O3. The minimum Gasteiger partial charge on any atom is -0.481 e. The van der Waals surface area contributed by atoms with E-state index in [9.17, 15) is 4.79 Å². The summed E-state index contributed by atoms with van der Waals surface area (Å²) in [6.07, 6.45) is 1.19. The van der Waals surface area contributed by atoms with Gasteiger partial charge < -0.3 is 19.7 Å². The summed E-state index contributed by atoms with van der Waals surface area (Å²) < 4.78 is 11.1. The molecular weight excluding hydrogens is 366 g/mol. The lowest BCUT2D eigenvalue weighted by molar-refractivity contribution is -0.127. The quantitative estimate of drug-likeness (QED) is 0.822. The molecule has 27 heavy (non-hydrogen) atoms. The van der Waals surface area contributed by atoms with Crippen molar-refractivity contribution in [2.45, 2.75) is 26.5 Å². The van der Waals surface area contributed by atoms with Gasteiger partial charge >= 0.3 is 0 Å². The fraction of sp³-hybridized carbons (Fsp3) is 0.400. The lowest BCUT2D eigenvalue weighted by Crippen LogP contribution is -2.37. The average molecular weight is 390 g/mol. The summed E-state index contributed by atoms with van der Waals surface area (Å²) in [5.74, 6) is 1.41. The van der Waals surface area contributed by atoms with Crippen molar-refractivity contribution < 1.29 is 14.3 Å². The second-order valence-electron chi connectivity index (χ2n) is 6.51. The number of nitrogens with zero attached hydrogens (tertiary/aromatic N) is 2. The molecule has 1 N–H and O–H groups in total. The zero-order chi connectivity index (χ0) is 19.2. The number of carbonyl (C=O) groups is 1. The molecule has 1 atom stereocenters. The van der Waals surface area contributed by atoms with E-state index in [1.807, 2.05) is 25.1 Å². The Morgan fingerprint density at radius 1 is 1.33 bits per heavy atom. The number of benzene rings is 1. The number of nitrogens with one attached hydrogen (secondary N) is 1. The van der Waals surface area contributed by atoms with Crippen molar-refractivity contribution >= 4 is 23.3 Å². The zero-order valence-corrected chi connectivity index (χ0v) is 16.3. The van der Waals surface area contributed by atoms with E-state index in [-0.39, 0.29) is 5.91 Å². The van der Waals surface area contributed by atoms with Crippen LogP contribution in [0.2, 0.25) is 5.02 Å². The highest BCUT2D eigenvalue weighted by atomic mass is 35.5. The number of aromatic nitrogens is 1. The zero-order valence-electron chi connectivity index (χ0n) is 15.6. The largest absolute Gasteiger partial charge is 0.481 e. The molecule has 1 fully saturated rings. The van der Waals surface area contributed by atoms with Gasteiger partial charge in [0, 0.05) is 30.9 Å². The van der Waals surface area contributed by atoms with Crippen LogP contribution in [-0.4, -0.2) is 43.3 Å². The molecule has 144 valence electrons. The van der Waals surface area contributed by atoms with Crippen LogP contribution in [0.25, 0.3) is 0 Å². The third-order valence-corrected chi connectivity index (χ3v) is 4.66. The molecule has 0 saturated carbocycles. The fourth-order valence-electron chi connectivity index (χ4n) is 2.82. The summed E-state index contributed by atoms with van der Waals surface area (Å²) in [5, 5.41) is 3.53. The van der Waals surface area contributed by atoms with E-state index in [1.165, 1.54) is 0 Å². The van der Waals surface area contributed by atoms with Gasteiger partial charge in [0.15, 0.2) is 6.10 Å². The molecule has 0 aliphatic carbocycles. The molecule has 2 heterocycles. The van der Waals surface area contributed by atoms with Crippen molar-refractivity contribution in [3.8, 4) is 5.75 Å². The number of amides is 1. The topological polar surface area (TPSA) is 63.7 Å². The Kier molecular flexibility index (Phi) is 6.53. The predicted octanol–water partition coefficient (Wildman–Crippen LogP) is 2.96. The number of halogens is 1. The highest BCUT2D eigenvalue weighted by Gasteiger charge is 2.16. The number of ether oxygens (including phenoxy) is 2. The van der Waals surface area contributed by atoms with E-state index < -0.39 is 6.10 Å². The average Bonchev–Trinajstić information content (AvgIpc) is 2.69. The van der Waals surface area contributed by atoms with E-state index >= 15 is 0 Å². The van der Waals surface area contributed by atoms with Crippen LogP contribution < -0.4 is 15.0 Å². The molecule has 1 aliphatic heterocycles. The van der Waals surface area contributed by atoms with Gasteiger partial charge in [0.25, 0.3) is 5.91 Å². The molecule has 1 amide bonds. The summed E-state index contributed by atoms with van der Waals surface area (Å²) in [6.45, 7) is 7.18. The van der Waals surface area contributed by atoms with Crippen LogP contribution in [0.1, 0.15) is 18.1 Å². The van der Waals surface area contributed by atoms with Crippen molar-refractivity contribution in [3.63, 3.8) is 0 Å². The molecule has 3 rings (SSSR count). The summed E-state index contributed by atoms with van der Waals surface area (Å²) in [7, 11) is 0. The standard InChI is InChI=1S/C20H24ClN3O3/c1-14-11-17(21)4-5-18(14)27-15(2)20(25)23-13-16-3-6-19(22-12-16)24-7-9-26-10-8-24/h3-6,11-12,15H,7-10,13H2,1-2H3,(H,23,25)/t15-/m1/s1. The lowest BCUT2D eigenvalue weighted by atomic mass is 10.2. The van der Waals surface area contributed by atoms with Crippen LogP contribution >= 0.6 is 11.6 Å². The lowest BCUT2D eigenvalue weighted by Gasteiger charge is -2.27. The van der Waals surface area contributed by atoms with Gasteiger partial charge in [-0.3, -0.25) is 4.79 Å². The van der Waals surface area contributed by atoms with E-state index in [0.29, 0.717) is 17.3 Å². The summed E-state index contributed by atoms with van der Waals surface area (Å²) >= 11 is 5.94. The molecule has 1 aliphatic rings. The van der Waals surface area contributed by atoms with E-state index in [1.54, 1.807) is 25.3 Å². The molecule has 0 bridgehead atoms. The van der Waals surface area contributed by atoms with Gasteiger partial charge in [-0.15, -0.1) is 0 Å². The molecule has 1 aromatic carbocycles. The van der Waals surface area contributed by atoms with Crippen molar-refractivity contribution in [3.05, 3.63) is 52.7 Å². The molecule has 1 aromatic heterocycles. The Labute approximate surface area is 164 Å². The Hall–Kier alpha value is -2.31. The first-order valence-corrected chi connectivity index (χ1v) is 9.39. The third-order valence-electron chi connectivity index (χ3n) is 4.42. The fourth-order valence-corrected chi connectivity index (χ4v) is 3.05. The Morgan fingerprint density at radius 2 is 2.11 bits per heavy atom. The smallest absolute Gasteiger partial charge is 0.261 e. The van der Waals surface area contributed by atoms with Gasteiger partial charge in [0.05, 0.1) is 13.2 Å². The van der Waals surface area contributed by atoms with Crippen molar-refractivity contribution in [2.75, 3.05) is 31.2 Å². The van der Waals surface area contributed by atoms with Gasteiger partial charge in [0.1, 0.15) is 11.6 Å². The SMILES string of the molecule is Cc1cc(Cl)ccc1O[C@H](C)C(=O)NCc1ccc(N2CCOCC2)nc1. The van der Waals surface area contributed by atoms with Crippen LogP contribution in [0.15, 0.2) is 36.5 Å². The van der Waals surface area contributed by atoms with Crippen LogP contribution in [0, 0.1) is 6.92 Å². The molecule has 1 saturated heterocycles. The molecule has 2 aromatic rings. The highest BCUT2D eigenvalue weighted by molar-refractivity contribution is 6.30. The van der Waals surface area contributed by atoms with Crippen LogP contribution in [0.5, 0.6) is 5.75 Å². The van der Waals surface area contributed by atoms with E-state index in [2.05, 4.69) is 15.2 Å². The number of aryl methyl sites for hydroxylation is 1. The van der Waals surface area contributed by atoms with Crippen LogP contribution in [0.3, 0.4) is 0 Å². The summed E-state index contributed by atoms with van der Waals surface area (Å²) in [6, 6.07) is 9.28. The number of hydrogen-bond acceptors (Lipinski definition) is 5. The number of pyridine rings is 1. The van der Waals surface area contributed by atoms with E-state index in [4.69, 9.17) is 21.1 Å². The number of carbonyl (C=O) groups excluding carboxylic acids is 1. The first kappa shape index (κ1) is 19.5. The first-order valence-electron chi connectivity index (χ1n) is 9.01. The highest BCUT2D eigenvalue weighted by Crippen LogP contribution is 2.22. The molecule has 0 spiro atoms. The monoisotopic (exact) mass is 389 g/mol. The first-order chi connectivity index (χ1) is 13.0. The maximum absolute atomic E-state index is 12.3. The van der Waals surface area contributed by atoms with Gasteiger partial charge in [-0.25, -0.2) is 4.98 Å². The summed E-state index contributed by atoms with van der Waals surface area (Å²) in [5.41, 5.74) is 1.83. The second-order valence-corrected chi connectivity index (χ2v) is 6.95. The van der Waals surface area contributed by atoms with Gasteiger partial charge in [0.2, 0.25) is 0 Å². The third kappa shape index (κ3) is 5.34. The van der Waals surface area contributed by atoms with Crippen LogP contribution in [0.4, 0.5) is 5.82 Å². The number of rotatable bonds is 6. The normalized spacial score (nSPS) is 15.3. The van der Waals surface area contributed by atoms with Crippen molar-refractivity contribution in [2.24, 2.45) is 0 Å².